The molecule has 1 atom stereocenters. The van der Waals surface area contributed by atoms with Gasteiger partial charge in [-0.1, -0.05) is 19.4 Å². The Labute approximate surface area is 121 Å². The lowest BCUT2D eigenvalue weighted by atomic mass is 10.0. The van der Waals surface area contributed by atoms with E-state index >= 15 is 0 Å². The van der Waals surface area contributed by atoms with Gasteiger partial charge in [-0.05, 0) is 28.3 Å². The van der Waals surface area contributed by atoms with E-state index in [2.05, 4.69) is 39.8 Å². The summed E-state index contributed by atoms with van der Waals surface area (Å²) >= 11 is 3.29. The second-order valence-electron chi connectivity index (χ2n) is 4.32. The number of allylic oxidation sites excluding steroid dienone is 1. The molecule has 1 aromatic rings. The maximum Gasteiger partial charge on any atom is 0.283 e. The van der Waals surface area contributed by atoms with E-state index in [0.717, 1.165) is 12.8 Å². The molecule has 0 aliphatic rings. The minimum atomic E-state index is -0.180. The minimum Gasteiger partial charge on any atom is -0.396 e. The fraction of sp³-hybridized carbons (Fsp3) is 0.538. The Morgan fingerprint density at radius 2 is 2.42 bits per heavy atom. The number of aromatic nitrogens is 2. The van der Waals surface area contributed by atoms with E-state index in [1.54, 1.807) is 12.3 Å². The number of hydrogen-bond donors (Lipinski definition) is 2. The van der Waals surface area contributed by atoms with Gasteiger partial charge in [-0.2, -0.15) is 5.10 Å². The Bertz CT molecular complexity index is 473. The second-order valence-corrected chi connectivity index (χ2v) is 5.11. The van der Waals surface area contributed by atoms with Crippen molar-refractivity contribution in [1.82, 2.24) is 9.78 Å². The number of rotatable bonds is 8. The third kappa shape index (κ3) is 4.47. The van der Waals surface area contributed by atoms with Crippen LogP contribution in [0.1, 0.15) is 19.8 Å². The Morgan fingerprint density at radius 3 is 3.00 bits per heavy atom. The number of anilines is 1. The molecule has 0 radical (unpaired) electrons. The van der Waals surface area contributed by atoms with Gasteiger partial charge in [0.2, 0.25) is 0 Å². The van der Waals surface area contributed by atoms with Gasteiger partial charge in [0.25, 0.3) is 5.56 Å². The van der Waals surface area contributed by atoms with Crippen molar-refractivity contribution in [2.24, 2.45) is 5.92 Å². The van der Waals surface area contributed by atoms with Crippen molar-refractivity contribution in [2.75, 3.05) is 18.5 Å². The van der Waals surface area contributed by atoms with Gasteiger partial charge in [0.1, 0.15) is 4.47 Å². The van der Waals surface area contributed by atoms with Gasteiger partial charge in [0, 0.05) is 13.2 Å². The first kappa shape index (κ1) is 15.9. The third-order valence-corrected chi connectivity index (χ3v) is 3.75. The molecular formula is C13H20BrN3O2. The van der Waals surface area contributed by atoms with Crippen molar-refractivity contribution in [3.05, 3.63) is 33.7 Å². The summed E-state index contributed by atoms with van der Waals surface area (Å²) in [6.45, 7) is 6.95. The van der Waals surface area contributed by atoms with Crippen molar-refractivity contribution in [2.45, 2.75) is 26.3 Å². The fourth-order valence-electron chi connectivity index (χ4n) is 1.73. The second kappa shape index (κ2) is 8.12. The summed E-state index contributed by atoms with van der Waals surface area (Å²) in [5, 5.41) is 16.2. The maximum absolute atomic E-state index is 11.9. The number of aliphatic hydroxyl groups excluding tert-OH is 1. The molecular weight excluding hydrogens is 310 g/mol. The van der Waals surface area contributed by atoms with Crippen LogP contribution in [0.15, 0.2) is 28.1 Å². The molecule has 0 amide bonds. The molecule has 1 aromatic heterocycles. The van der Waals surface area contributed by atoms with E-state index in [1.165, 1.54) is 4.68 Å². The summed E-state index contributed by atoms with van der Waals surface area (Å²) in [7, 11) is 0. The molecule has 0 aliphatic heterocycles. The summed E-state index contributed by atoms with van der Waals surface area (Å²) in [5.74, 6) is 0.382. The zero-order valence-electron chi connectivity index (χ0n) is 11.1. The summed E-state index contributed by atoms with van der Waals surface area (Å²) < 4.78 is 1.82. The number of nitrogens with zero attached hydrogens (tertiary/aromatic N) is 2. The monoisotopic (exact) mass is 329 g/mol. The van der Waals surface area contributed by atoms with Crippen LogP contribution in [0.2, 0.25) is 0 Å². The number of aliphatic hydroxyl groups is 1. The van der Waals surface area contributed by atoms with Crippen molar-refractivity contribution < 1.29 is 5.11 Å². The van der Waals surface area contributed by atoms with Crippen LogP contribution in [0.5, 0.6) is 0 Å². The Kier molecular flexibility index (Phi) is 6.80. The average molecular weight is 330 g/mol. The van der Waals surface area contributed by atoms with Crippen molar-refractivity contribution in [1.29, 1.82) is 0 Å². The standard InChI is InChI=1S/C13H20BrN3O2/c1-3-6-17-13(19)12(14)11(9-16-17)15-8-10(4-2)5-7-18/h3,9-10,15,18H,1,4-8H2,2H3. The van der Waals surface area contributed by atoms with Crippen molar-refractivity contribution >= 4 is 21.6 Å². The molecule has 0 aliphatic carbocycles. The molecule has 1 heterocycles. The molecule has 2 N–H and O–H groups in total. The molecule has 0 spiro atoms. The fourth-order valence-corrected chi connectivity index (χ4v) is 2.18. The predicted molar refractivity (Wildman–Crippen MR) is 80.4 cm³/mol. The maximum atomic E-state index is 11.9. The molecule has 0 saturated carbocycles. The van der Waals surface area contributed by atoms with Gasteiger partial charge >= 0.3 is 0 Å². The zero-order chi connectivity index (χ0) is 14.3. The zero-order valence-corrected chi connectivity index (χ0v) is 12.7. The van der Waals surface area contributed by atoms with Crippen LogP contribution in [0, 0.1) is 5.92 Å². The molecule has 0 aromatic carbocycles. The Hall–Kier alpha value is -1.14. The van der Waals surface area contributed by atoms with E-state index in [0.29, 0.717) is 29.2 Å². The van der Waals surface area contributed by atoms with Gasteiger partial charge in [0.15, 0.2) is 0 Å². The van der Waals surface area contributed by atoms with Crippen LogP contribution < -0.4 is 10.9 Å². The lowest BCUT2D eigenvalue weighted by molar-refractivity contribution is 0.258. The smallest absolute Gasteiger partial charge is 0.283 e. The first-order valence-electron chi connectivity index (χ1n) is 6.35. The molecule has 6 heteroatoms. The third-order valence-electron chi connectivity index (χ3n) is 2.98. The molecule has 0 saturated heterocycles. The first-order valence-corrected chi connectivity index (χ1v) is 7.14. The van der Waals surface area contributed by atoms with E-state index in [9.17, 15) is 4.79 Å². The van der Waals surface area contributed by atoms with Gasteiger partial charge in [0.05, 0.1) is 18.4 Å². The number of hydrogen-bond acceptors (Lipinski definition) is 4. The van der Waals surface area contributed by atoms with Gasteiger partial charge in [-0.3, -0.25) is 4.79 Å². The predicted octanol–water partition coefficient (Wildman–Crippen LogP) is 2.01. The molecule has 5 nitrogen and oxygen atoms in total. The highest BCUT2D eigenvalue weighted by molar-refractivity contribution is 9.10. The molecule has 0 fully saturated rings. The van der Waals surface area contributed by atoms with E-state index in [-0.39, 0.29) is 12.2 Å². The normalized spacial score (nSPS) is 12.2. The van der Waals surface area contributed by atoms with E-state index in [4.69, 9.17) is 5.11 Å². The van der Waals surface area contributed by atoms with Crippen LogP contribution in [-0.2, 0) is 6.54 Å². The molecule has 106 valence electrons. The number of nitrogens with one attached hydrogen (secondary N) is 1. The van der Waals surface area contributed by atoms with Crippen molar-refractivity contribution in [3.8, 4) is 0 Å². The molecule has 1 rings (SSSR count). The van der Waals surface area contributed by atoms with Gasteiger partial charge in [-0.25, -0.2) is 4.68 Å². The Morgan fingerprint density at radius 1 is 1.68 bits per heavy atom. The van der Waals surface area contributed by atoms with E-state index in [1.807, 2.05) is 0 Å². The van der Waals surface area contributed by atoms with Crippen LogP contribution in [0.3, 0.4) is 0 Å². The first-order chi connectivity index (χ1) is 9.13. The van der Waals surface area contributed by atoms with Gasteiger partial charge < -0.3 is 10.4 Å². The highest BCUT2D eigenvalue weighted by atomic mass is 79.9. The minimum absolute atomic E-state index is 0.180. The highest BCUT2D eigenvalue weighted by Crippen LogP contribution is 2.17. The van der Waals surface area contributed by atoms with Crippen LogP contribution >= 0.6 is 15.9 Å². The SMILES string of the molecule is C=CCn1ncc(NCC(CC)CCO)c(Br)c1=O. The topological polar surface area (TPSA) is 67.2 Å². The van der Waals surface area contributed by atoms with E-state index < -0.39 is 0 Å². The molecule has 1 unspecified atom stereocenters. The van der Waals surface area contributed by atoms with Crippen LogP contribution in [-0.4, -0.2) is 28.0 Å². The molecule has 19 heavy (non-hydrogen) atoms. The van der Waals surface area contributed by atoms with Crippen molar-refractivity contribution in [3.63, 3.8) is 0 Å². The number of halogens is 1. The largest absolute Gasteiger partial charge is 0.396 e. The average Bonchev–Trinajstić information content (AvgIpc) is 2.42. The highest BCUT2D eigenvalue weighted by Gasteiger charge is 2.10. The summed E-state index contributed by atoms with van der Waals surface area (Å²) in [4.78, 5) is 11.9. The van der Waals surface area contributed by atoms with Crippen LogP contribution in [0.4, 0.5) is 5.69 Å². The lowest BCUT2D eigenvalue weighted by Crippen LogP contribution is -2.25. The quantitative estimate of drug-likeness (QED) is 0.716. The summed E-state index contributed by atoms with van der Waals surface area (Å²) in [5.41, 5.74) is 0.502. The summed E-state index contributed by atoms with van der Waals surface area (Å²) in [6, 6.07) is 0. The molecule has 0 bridgehead atoms. The van der Waals surface area contributed by atoms with Crippen LogP contribution in [0.25, 0.3) is 0 Å². The lowest BCUT2D eigenvalue weighted by Gasteiger charge is -2.16. The van der Waals surface area contributed by atoms with Gasteiger partial charge in [-0.15, -0.1) is 6.58 Å². The Balaban J connectivity index is 2.77. The summed E-state index contributed by atoms with van der Waals surface area (Å²) in [6.07, 6.45) is 4.98.